The van der Waals surface area contributed by atoms with Crippen LogP contribution in [-0.4, -0.2) is 60.0 Å². The maximum absolute atomic E-state index is 14.2. The number of carboxylic acids is 1. The van der Waals surface area contributed by atoms with E-state index in [0.29, 0.717) is 20.5 Å². The van der Waals surface area contributed by atoms with Crippen LogP contribution < -0.4 is 9.04 Å². The van der Waals surface area contributed by atoms with Gasteiger partial charge in [-0.15, -0.1) is 11.3 Å². The third-order valence-corrected chi connectivity index (χ3v) is 10.5. The summed E-state index contributed by atoms with van der Waals surface area (Å²) in [6, 6.07) is 8.72. The van der Waals surface area contributed by atoms with E-state index in [9.17, 15) is 23.1 Å². The quantitative estimate of drug-likeness (QED) is 0.370. The summed E-state index contributed by atoms with van der Waals surface area (Å²) in [5.41, 5.74) is -1.38. The van der Waals surface area contributed by atoms with Crippen LogP contribution in [0.5, 0.6) is 5.75 Å². The van der Waals surface area contributed by atoms with Crippen molar-refractivity contribution in [1.29, 1.82) is 0 Å². The number of para-hydroxylation sites is 1. The van der Waals surface area contributed by atoms with E-state index in [-0.39, 0.29) is 29.1 Å². The SMILES string of the molecule is COc1ccccc1[C@H](CN1c2sc(-c3ncco3)cc2C(=O)N(C(C)(C)C(=O)O)S1(=O)=O)OC1CCCCC1. The standard InChI is InChI=1S/C27H31N3O8S2/c1-27(2,26(32)33)30-24(31)19-15-22(23-28-13-14-37-23)39-25(19)29(40(30,34)35)16-21(38-17-9-5-4-6-10-17)18-11-7-8-12-20(18)36-3/h7-8,11-15,17,21H,4-6,9-10,16H2,1-3H3,(H,32,33)/t21-/m0/s1. The maximum Gasteiger partial charge on any atom is 0.330 e. The van der Waals surface area contributed by atoms with Gasteiger partial charge in [0.15, 0.2) is 5.54 Å². The molecule has 214 valence electrons. The molecule has 0 radical (unpaired) electrons. The van der Waals surface area contributed by atoms with Gasteiger partial charge in [0, 0.05) is 5.56 Å². The lowest BCUT2D eigenvalue weighted by molar-refractivity contribution is -0.145. The van der Waals surface area contributed by atoms with Crippen LogP contribution in [0.3, 0.4) is 0 Å². The van der Waals surface area contributed by atoms with Crippen LogP contribution in [0, 0.1) is 0 Å². The third-order valence-electron chi connectivity index (χ3n) is 7.26. The number of aliphatic carboxylic acids is 1. The summed E-state index contributed by atoms with van der Waals surface area (Å²) in [5.74, 6) is -1.65. The fraction of sp³-hybridized carbons (Fsp3) is 0.444. The molecule has 2 aromatic heterocycles. The number of fused-ring (bicyclic) bond motifs is 1. The molecule has 1 fully saturated rings. The zero-order chi connectivity index (χ0) is 28.7. The van der Waals surface area contributed by atoms with E-state index < -0.39 is 33.7 Å². The van der Waals surface area contributed by atoms with Gasteiger partial charge in [-0.3, -0.25) is 4.79 Å². The highest BCUT2D eigenvalue weighted by Crippen LogP contribution is 2.46. The lowest BCUT2D eigenvalue weighted by atomic mass is 9.97. The first kappa shape index (κ1) is 28.1. The number of aromatic nitrogens is 1. The number of carboxylic acid groups (broad SMARTS) is 1. The molecule has 0 unspecified atom stereocenters. The molecule has 3 aromatic rings. The summed E-state index contributed by atoms with van der Waals surface area (Å²) >= 11 is 1.03. The third kappa shape index (κ3) is 4.97. The molecule has 1 N–H and O–H groups in total. The number of hydrogen-bond donors (Lipinski definition) is 1. The van der Waals surface area contributed by atoms with Gasteiger partial charge in [-0.05, 0) is 38.8 Å². The van der Waals surface area contributed by atoms with Crippen molar-refractivity contribution in [2.24, 2.45) is 0 Å². The van der Waals surface area contributed by atoms with Gasteiger partial charge in [-0.1, -0.05) is 37.5 Å². The molecule has 1 amide bonds. The fourth-order valence-corrected chi connectivity index (χ4v) is 8.32. The van der Waals surface area contributed by atoms with Crippen LogP contribution in [0.25, 0.3) is 10.8 Å². The topological polar surface area (TPSA) is 139 Å². The molecule has 11 nitrogen and oxygen atoms in total. The molecular formula is C27H31N3O8S2. The summed E-state index contributed by atoms with van der Waals surface area (Å²) in [6.07, 6.45) is 6.78. The van der Waals surface area contributed by atoms with E-state index >= 15 is 0 Å². The predicted octanol–water partition coefficient (Wildman–Crippen LogP) is 4.87. The van der Waals surface area contributed by atoms with Crippen molar-refractivity contribution in [3.8, 4) is 16.5 Å². The number of benzene rings is 1. The first-order valence-corrected chi connectivity index (χ1v) is 15.2. The highest BCUT2D eigenvalue weighted by molar-refractivity contribution is 7.91. The summed E-state index contributed by atoms with van der Waals surface area (Å²) in [5, 5.41) is 10.1. The summed E-state index contributed by atoms with van der Waals surface area (Å²) in [6.45, 7) is 2.16. The number of hydrogen-bond acceptors (Lipinski definition) is 9. The van der Waals surface area contributed by atoms with E-state index in [1.165, 1.54) is 39.5 Å². The number of thiophene rings is 1. The minimum absolute atomic E-state index is 0.0405. The number of ether oxygens (including phenoxy) is 2. The average molecular weight is 590 g/mol. The van der Waals surface area contributed by atoms with E-state index in [1.807, 2.05) is 18.2 Å². The van der Waals surface area contributed by atoms with Crippen molar-refractivity contribution < 1.29 is 37.0 Å². The molecule has 40 heavy (non-hydrogen) atoms. The number of amides is 1. The van der Waals surface area contributed by atoms with E-state index in [4.69, 9.17) is 13.9 Å². The molecule has 0 spiro atoms. The second-order valence-electron chi connectivity index (χ2n) is 10.3. The van der Waals surface area contributed by atoms with Crippen LogP contribution in [0.1, 0.15) is 68.0 Å². The molecule has 1 saturated carbocycles. The number of nitrogens with zero attached hydrogens (tertiary/aromatic N) is 3. The fourth-order valence-electron chi connectivity index (χ4n) is 5.13. The van der Waals surface area contributed by atoms with Gasteiger partial charge in [-0.2, -0.15) is 8.42 Å². The van der Waals surface area contributed by atoms with Crippen molar-refractivity contribution >= 4 is 38.4 Å². The number of carbonyl (C=O) groups excluding carboxylic acids is 1. The Hall–Kier alpha value is -3.42. The van der Waals surface area contributed by atoms with Gasteiger partial charge in [0.2, 0.25) is 5.89 Å². The largest absolute Gasteiger partial charge is 0.496 e. The Morgan fingerprint density at radius 1 is 1.25 bits per heavy atom. The Morgan fingerprint density at radius 2 is 1.98 bits per heavy atom. The minimum Gasteiger partial charge on any atom is -0.496 e. The molecular weight excluding hydrogens is 558 g/mol. The van der Waals surface area contributed by atoms with Crippen LogP contribution in [0.15, 0.2) is 47.2 Å². The molecule has 2 aliphatic rings. The molecule has 13 heteroatoms. The summed E-state index contributed by atoms with van der Waals surface area (Å²) in [4.78, 5) is 30.4. The van der Waals surface area contributed by atoms with Gasteiger partial charge in [0.1, 0.15) is 23.1 Å². The van der Waals surface area contributed by atoms with Crippen LogP contribution in [0.2, 0.25) is 0 Å². The summed E-state index contributed by atoms with van der Waals surface area (Å²) < 4.78 is 47.5. The minimum atomic E-state index is -4.67. The second-order valence-corrected chi connectivity index (χ2v) is 13.0. The Kier molecular flexibility index (Phi) is 7.64. The monoisotopic (exact) mass is 589 g/mol. The second kappa shape index (κ2) is 10.9. The van der Waals surface area contributed by atoms with Crippen molar-refractivity contribution in [3.63, 3.8) is 0 Å². The lowest BCUT2D eigenvalue weighted by Crippen LogP contribution is -2.62. The van der Waals surface area contributed by atoms with Crippen LogP contribution in [-0.2, 0) is 19.7 Å². The molecule has 1 aliphatic carbocycles. The zero-order valence-corrected chi connectivity index (χ0v) is 24.0. The molecule has 1 atom stereocenters. The van der Waals surface area contributed by atoms with Gasteiger partial charge < -0.3 is 19.0 Å². The Balaban J connectivity index is 1.65. The van der Waals surface area contributed by atoms with E-state index in [0.717, 1.165) is 47.7 Å². The molecule has 5 rings (SSSR count). The van der Waals surface area contributed by atoms with Crippen molar-refractivity contribution in [2.45, 2.75) is 63.7 Å². The highest BCUT2D eigenvalue weighted by Gasteiger charge is 2.53. The normalized spacial score (nSPS) is 18.4. The van der Waals surface area contributed by atoms with Gasteiger partial charge >= 0.3 is 16.2 Å². The number of oxazole rings is 1. The Morgan fingerprint density at radius 3 is 2.62 bits per heavy atom. The first-order chi connectivity index (χ1) is 19.1. The van der Waals surface area contributed by atoms with Gasteiger partial charge in [0.25, 0.3) is 5.91 Å². The smallest absolute Gasteiger partial charge is 0.330 e. The summed E-state index contributed by atoms with van der Waals surface area (Å²) in [7, 11) is -3.14. The number of rotatable bonds is 9. The Bertz CT molecular complexity index is 1490. The van der Waals surface area contributed by atoms with E-state index in [2.05, 4.69) is 4.98 Å². The van der Waals surface area contributed by atoms with Gasteiger partial charge in [0.05, 0.1) is 36.4 Å². The lowest BCUT2D eigenvalue weighted by Gasteiger charge is -2.42. The van der Waals surface area contributed by atoms with E-state index in [1.54, 1.807) is 6.07 Å². The average Bonchev–Trinajstić information content (AvgIpc) is 3.61. The van der Waals surface area contributed by atoms with Crippen molar-refractivity contribution in [1.82, 2.24) is 9.29 Å². The number of anilines is 1. The molecule has 0 bridgehead atoms. The van der Waals surface area contributed by atoms with Gasteiger partial charge in [-0.25, -0.2) is 18.4 Å². The van der Waals surface area contributed by atoms with Crippen molar-refractivity contribution in [3.05, 3.63) is 53.9 Å². The molecule has 3 heterocycles. The molecule has 1 aliphatic heterocycles. The molecule has 1 aromatic carbocycles. The Labute approximate surface area is 236 Å². The number of carbonyl (C=O) groups is 2. The number of methoxy groups -OCH3 is 1. The highest BCUT2D eigenvalue weighted by atomic mass is 32.2. The van der Waals surface area contributed by atoms with Crippen LogP contribution in [0.4, 0.5) is 5.00 Å². The first-order valence-electron chi connectivity index (χ1n) is 13.0. The van der Waals surface area contributed by atoms with Crippen molar-refractivity contribution in [2.75, 3.05) is 18.0 Å². The predicted molar refractivity (Wildman–Crippen MR) is 148 cm³/mol. The molecule has 0 saturated heterocycles. The maximum atomic E-state index is 14.2. The zero-order valence-electron chi connectivity index (χ0n) is 22.4. The van der Waals surface area contributed by atoms with Crippen LogP contribution >= 0.6 is 11.3 Å².